The number of aromatic nitrogens is 4. The Balaban J connectivity index is 1.82. The molecule has 2 heterocycles. The van der Waals surface area contributed by atoms with Gasteiger partial charge in [-0.2, -0.15) is 0 Å². The third-order valence-electron chi connectivity index (χ3n) is 3.91. The van der Waals surface area contributed by atoms with E-state index < -0.39 is 0 Å². The number of hydrogen-bond acceptors (Lipinski definition) is 4. The molecule has 1 aromatic carbocycles. The van der Waals surface area contributed by atoms with E-state index in [-0.39, 0.29) is 17.2 Å². The first kappa shape index (κ1) is 15.0. The van der Waals surface area contributed by atoms with Crippen molar-refractivity contribution >= 4 is 0 Å². The van der Waals surface area contributed by atoms with Gasteiger partial charge in [-0.25, -0.2) is 4.68 Å². The van der Waals surface area contributed by atoms with Gasteiger partial charge in [0.05, 0.1) is 17.9 Å². The molecule has 0 aliphatic carbocycles. The fraction of sp³-hybridized carbons (Fsp3) is 0.235. The SMILES string of the molecule is Cc1c(O)c(=O)ccn1CC(C)n1cc(-c2ccccc2)nn1. The summed E-state index contributed by atoms with van der Waals surface area (Å²) < 4.78 is 3.63. The van der Waals surface area contributed by atoms with Crippen LogP contribution in [0.2, 0.25) is 0 Å². The fourth-order valence-corrected chi connectivity index (χ4v) is 2.46. The van der Waals surface area contributed by atoms with Crippen molar-refractivity contribution < 1.29 is 5.11 Å². The molecule has 0 fully saturated rings. The first-order valence-electron chi connectivity index (χ1n) is 7.42. The molecule has 6 heteroatoms. The maximum atomic E-state index is 11.4. The molecule has 6 nitrogen and oxygen atoms in total. The van der Waals surface area contributed by atoms with E-state index in [2.05, 4.69) is 10.3 Å². The number of rotatable bonds is 4. The zero-order valence-electron chi connectivity index (χ0n) is 13.0. The van der Waals surface area contributed by atoms with E-state index in [1.165, 1.54) is 6.07 Å². The van der Waals surface area contributed by atoms with Gasteiger partial charge >= 0.3 is 0 Å². The van der Waals surface area contributed by atoms with Crippen LogP contribution >= 0.6 is 0 Å². The molecule has 0 bridgehead atoms. The van der Waals surface area contributed by atoms with Crippen molar-refractivity contribution in [3.8, 4) is 17.0 Å². The Hall–Kier alpha value is -2.89. The van der Waals surface area contributed by atoms with Crippen LogP contribution < -0.4 is 5.43 Å². The average Bonchev–Trinajstić information content (AvgIpc) is 3.06. The maximum Gasteiger partial charge on any atom is 0.223 e. The minimum Gasteiger partial charge on any atom is -0.503 e. The summed E-state index contributed by atoms with van der Waals surface area (Å²) in [6, 6.07) is 11.3. The van der Waals surface area contributed by atoms with Gasteiger partial charge in [0.1, 0.15) is 5.69 Å². The van der Waals surface area contributed by atoms with Crippen molar-refractivity contribution in [2.24, 2.45) is 0 Å². The van der Waals surface area contributed by atoms with Gasteiger partial charge < -0.3 is 9.67 Å². The van der Waals surface area contributed by atoms with Gasteiger partial charge in [-0.3, -0.25) is 4.79 Å². The summed E-state index contributed by atoms with van der Waals surface area (Å²) in [6.45, 7) is 4.31. The smallest absolute Gasteiger partial charge is 0.223 e. The minimum absolute atomic E-state index is 0.0283. The van der Waals surface area contributed by atoms with E-state index in [1.807, 2.05) is 48.0 Å². The second kappa shape index (κ2) is 6.08. The molecule has 0 saturated heterocycles. The molecule has 3 aromatic rings. The summed E-state index contributed by atoms with van der Waals surface area (Å²) in [4.78, 5) is 11.4. The maximum absolute atomic E-state index is 11.4. The van der Waals surface area contributed by atoms with Gasteiger partial charge in [0.2, 0.25) is 5.43 Å². The standard InChI is InChI=1S/C17H18N4O2/c1-12(10-20-9-8-16(22)17(23)13(20)2)21-11-15(18-19-21)14-6-4-3-5-7-14/h3-9,11-12,23H,10H2,1-2H3. The largest absolute Gasteiger partial charge is 0.503 e. The highest BCUT2D eigenvalue weighted by molar-refractivity contribution is 5.57. The second-order valence-electron chi connectivity index (χ2n) is 5.57. The summed E-state index contributed by atoms with van der Waals surface area (Å²) in [5.74, 6) is -0.205. The lowest BCUT2D eigenvalue weighted by atomic mass is 10.2. The Morgan fingerprint density at radius 3 is 2.70 bits per heavy atom. The third kappa shape index (κ3) is 3.01. The highest BCUT2D eigenvalue weighted by Gasteiger charge is 2.12. The number of aromatic hydroxyl groups is 1. The van der Waals surface area contributed by atoms with Crippen molar-refractivity contribution in [3.05, 3.63) is 64.7 Å². The third-order valence-corrected chi connectivity index (χ3v) is 3.91. The zero-order chi connectivity index (χ0) is 16.4. The van der Waals surface area contributed by atoms with Crippen molar-refractivity contribution in [1.82, 2.24) is 19.6 Å². The molecular weight excluding hydrogens is 292 g/mol. The lowest BCUT2D eigenvalue weighted by Crippen LogP contribution is -2.17. The molecule has 23 heavy (non-hydrogen) atoms. The Labute approximate surface area is 133 Å². The topological polar surface area (TPSA) is 72.9 Å². The molecule has 1 unspecified atom stereocenters. The Morgan fingerprint density at radius 2 is 1.96 bits per heavy atom. The van der Waals surface area contributed by atoms with Gasteiger partial charge in [0.25, 0.3) is 0 Å². The van der Waals surface area contributed by atoms with Gasteiger partial charge in [-0.15, -0.1) is 5.10 Å². The van der Waals surface area contributed by atoms with Gasteiger partial charge in [0.15, 0.2) is 5.75 Å². The van der Waals surface area contributed by atoms with E-state index in [4.69, 9.17) is 0 Å². The predicted molar refractivity (Wildman–Crippen MR) is 87.3 cm³/mol. The van der Waals surface area contributed by atoms with Crippen molar-refractivity contribution in [1.29, 1.82) is 0 Å². The van der Waals surface area contributed by atoms with Crippen molar-refractivity contribution in [2.75, 3.05) is 0 Å². The van der Waals surface area contributed by atoms with Crippen LogP contribution in [-0.4, -0.2) is 24.7 Å². The van der Waals surface area contributed by atoms with E-state index in [9.17, 15) is 9.90 Å². The summed E-state index contributed by atoms with van der Waals surface area (Å²) in [6.07, 6.45) is 3.58. The van der Waals surface area contributed by atoms with Crippen LogP contribution in [0.5, 0.6) is 5.75 Å². The highest BCUT2D eigenvalue weighted by Crippen LogP contribution is 2.18. The molecule has 0 radical (unpaired) electrons. The quantitative estimate of drug-likeness (QED) is 0.803. The van der Waals surface area contributed by atoms with Crippen LogP contribution in [0.15, 0.2) is 53.6 Å². The van der Waals surface area contributed by atoms with Crippen LogP contribution in [0.1, 0.15) is 18.7 Å². The number of pyridine rings is 1. The summed E-state index contributed by atoms with van der Waals surface area (Å²) in [7, 11) is 0. The molecule has 0 aliphatic heterocycles. The molecule has 0 spiro atoms. The average molecular weight is 310 g/mol. The van der Waals surface area contributed by atoms with Gasteiger partial charge in [-0.05, 0) is 13.8 Å². The summed E-state index contributed by atoms with van der Waals surface area (Å²) in [5.41, 5.74) is 2.02. The van der Waals surface area contributed by atoms with Crippen LogP contribution in [0.25, 0.3) is 11.3 Å². The number of nitrogens with zero attached hydrogens (tertiary/aromatic N) is 4. The van der Waals surface area contributed by atoms with E-state index >= 15 is 0 Å². The van der Waals surface area contributed by atoms with E-state index in [0.717, 1.165) is 11.3 Å². The first-order valence-corrected chi connectivity index (χ1v) is 7.42. The van der Waals surface area contributed by atoms with E-state index in [0.29, 0.717) is 12.2 Å². The van der Waals surface area contributed by atoms with Gasteiger partial charge in [0, 0.05) is 24.4 Å². The molecule has 2 aromatic heterocycles. The molecule has 0 saturated carbocycles. The van der Waals surface area contributed by atoms with Crippen LogP contribution in [0.3, 0.4) is 0 Å². The number of benzene rings is 1. The van der Waals surface area contributed by atoms with Crippen molar-refractivity contribution in [3.63, 3.8) is 0 Å². The highest BCUT2D eigenvalue weighted by atomic mass is 16.3. The Bertz CT molecular complexity index is 868. The van der Waals surface area contributed by atoms with Gasteiger partial charge in [-0.1, -0.05) is 35.5 Å². The Kier molecular flexibility index (Phi) is 3.97. The normalized spacial score (nSPS) is 12.3. The van der Waals surface area contributed by atoms with Crippen LogP contribution in [0, 0.1) is 6.92 Å². The zero-order valence-corrected chi connectivity index (χ0v) is 13.0. The van der Waals surface area contributed by atoms with E-state index in [1.54, 1.807) is 17.8 Å². The number of hydrogen-bond donors (Lipinski definition) is 1. The minimum atomic E-state index is -0.362. The molecule has 0 aliphatic rings. The first-order chi connectivity index (χ1) is 11.1. The predicted octanol–water partition coefficient (Wildman–Crippen LogP) is 2.38. The lowest BCUT2D eigenvalue weighted by molar-refractivity contribution is 0.399. The van der Waals surface area contributed by atoms with Crippen LogP contribution in [-0.2, 0) is 6.54 Å². The molecule has 118 valence electrons. The van der Waals surface area contributed by atoms with Crippen molar-refractivity contribution in [2.45, 2.75) is 26.4 Å². The van der Waals surface area contributed by atoms with Crippen LogP contribution in [0.4, 0.5) is 0 Å². The monoisotopic (exact) mass is 310 g/mol. The molecular formula is C17H18N4O2. The molecule has 0 amide bonds. The molecule has 1 N–H and O–H groups in total. The summed E-state index contributed by atoms with van der Waals surface area (Å²) in [5, 5.41) is 18.2. The fourth-order valence-electron chi connectivity index (χ4n) is 2.46. The Morgan fingerprint density at radius 1 is 1.22 bits per heavy atom. The molecule has 1 atom stereocenters. The summed E-state index contributed by atoms with van der Waals surface area (Å²) >= 11 is 0. The second-order valence-corrected chi connectivity index (χ2v) is 5.57. The molecule has 3 rings (SSSR count). The lowest BCUT2D eigenvalue weighted by Gasteiger charge is -2.16.